The van der Waals surface area contributed by atoms with Crippen LogP contribution in [0.15, 0.2) is 35.0 Å². The van der Waals surface area contributed by atoms with Crippen LogP contribution in [-0.2, 0) is 13.1 Å². The van der Waals surface area contributed by atoms with Crippen LogP contribution in [0, 0.1) is 0 Å². The van der Waals surface area contributed by atoms with E-state index < -0.39 is 0 Å². The fourth-order valence-electron chi connectivity index (χ4n) is 2.26. The Morgan fingerprint density at radius 3 is 2.80 bits per heavy atom. The number of halogens is 1. The number of hydrogen-bond donors (Lipinski definition) is 1. The smallest absolute Gasteiger partial charge is 0.0642 e. The molecule has 0 radical (unpaired) electrons. The molecule has 2 nitrogen and oxygen atoms in total. The van der Waals surface area contributed by atoms with Gasteiger partial charge in [-0.05, 0) is 52.9 Å². The van der Waals surface area contributed by atoms with Crippen molar-refractivity contribution in [2.75, 3.05) is 11.9 Å². The van der Waals surface area contributed by atoms with Crippen molar-refractivity contribution in [2.45, 2.75) is 32.0 Å². The molecule has 1 aromatic heterocycles. The minimum Gasteiger partial charge on any atom is -0.369 e. The summed E-state index contributed by atoms with van der Waals surface area (Å²) in [6.07, 6.45) is 2.63. The molecule has 0 spiro atoms. The molecule has 0 amide bonds. The van der Waals surface area contributed by atoms with E-state index in [2.05, 4.69) is 52.3 Å². The molecule has 106 valence electrons. The van der Waals surface area contributed by atoms with Crippen molar-refractivity contribution in [3.8, 4) is 0 Å². The van der Waals surface area contributed by atoms with Gasteiger partial charge in [0.2, 0.25) is 0 Å². The van der Waals surface area contributed by atoms with Gasteiger partial charge >= 0.3 is 0 Å². The van der Waals surface area contributed by atoms with Crippen molar-refractivity contribution in [3.63, 3.8) is 0 Å². The van der Waals surface area contributed by atoms with Crippen LogP contribution in [0.4, 0.5) is 5.69 Å². The Hall–Kier alpha value is -1.03. The summed E-state index contributed by atoms with van der Waals surface area (Å²) in [5.74, 6) is 0. The summed E-state index contributed by atoms with van der Waals surface area (Å²) in [6.45, 7) is 1.81. The van der Waals surface area contributed by atoms with Crippen LogP contribution in [0.5, 0.6) is 0 Å². The molecule has 1 aromatic carbocycles. The van der Waals surface area contributed by atoms with Gasteiger partial charge in [-0.15, -0.1) is 0 Å². The predicted molar refractivity (Wildman–Crippen MR) is 87.7 cm³/mol. The second kappa shape index (κ2) is 6.17. The SMILES string of the molecule is CN(Cc1ccsc1)c1ccc(CNC2CC2)cc1Cl. The number of thiophene rings is 1. The average Bonchev–Trinajstić information content (AvgIpc) is 3.13. The summed E-state index contributed by atoms with van der Waals surface area (Å²) >= 11 is 8.16. The Bertz CT molecular complexity index is 564. The van der Waals surface area contributed by atoms with E-state index in [4.69, 9.17) is 11.6 Å². The van der Waals surface area contributed by atoms with Gasteiger partial charge in [-0.2, -0.15) is 11.3 Å². The zero-order valence-electron chi connectivity index (χ0n) is 11.6. The Kier molecular flexibility index (Phi) is 4.29. The number of hydrogen-bond acceptors (Lipinski definition) is 3. The molecule has 3 rings (SSSR count). The molecule has 1 heterocycles. The van der Waals surface area contributed by atoms with Gasteiger partial charge in [-0.1, -0.05) is 17.7 Å². The fraction of sp³-hybridized carbons (Fsp3) is 0.375. The van der Waals surface area contributed by atoms with E-state index in [0.29, 0.717) is 0 Å². The van der Waals surface area contributed by atoms with Gasteiger partial charge in [0.25, 0.3) is 0 Å². The van der Waals surface area contributed by atoms with Gasteiger partial charge in [0.05, 0.1) is 10.7 Å². The standard InChI is InChI=1S/C16H19ClN2S/c1-19(10-13-6-7-20-11-13)16-5-2-12(8-15(16)17)9-18-14-3-4-14/h2,5-8,11,14,18H,3-4,9-10H2,1H3. The zero-order valence-corrected chi connectivity index (χ0v) is 13.2. The van der Waals surface area contributed by atoms with Crippen LogP contribution in [0.1, 0.15) is 24.0 Å². The molecule has 0 saturated heterocycles. The molecular weight excluding hydrogens is 288 g/mol. The third kappa shape index (κ3) is 3.54. The van der Waals surface area contributed by atoms with Crippen LogP contribution in [0.3, 0.4) is 0 Å². The van der Waals surface area contributed by atoms with Gasteiger partial charge in [0.1, 0.15) is 0 Å². The lowest BCUT2D eigenvalue weighted by atomic mass is 10.2. The molecule has 1 fully saturated rings. The van der Waals surface area contributed by atoms with Crippen molar-refractivity contribution in [2.24, 2.45) is 0 Å². The molecule has 0 bridgehead atoms. The van der Waals surface area contributed by atoms with Crippen LogP contribution in [-0.4, -0.2) is 13.1 Å². The first-order chi connectivity index (χ1) is 9.72. The molecule has 0 aliphatic heterocycles. The van der Waals surface area contributed by atoms with Crippen molar-refractivity contribution in [1.29, 1.82) is 0 Å². The van der Waals surface area contributed by atoms with Crippen molar-refractivity contribution in [1.82, 2.24) is 5.32 Å². The second-order valence-corrected chi connectivity index (χ2v) is 6.62. The molecule has 1 aliphatic carbocycles. The number of anilines is 1. The van der Waals surface area contributed by atoms with Crippen molar-refractivity contribution < 1.29 is 0 Å². The second-order valence-electron chi connectivity index (χ2n) is 5.43. The highest BCUT2D eigenvalue weighted by Crippen LogP contribution is 2.28. The largest absolute Gasteiger partial charge is 0.369 e. The number of nitrogens with one attached hydrogen (secondary N) is 1. The summed E-state index contributed by atoms with van der Waals surface area (Å²) in [5.41, 5.74) is 3.68. The minimum absolute atomic E-state index is 0.731. The van der Waals surface area contributed by atoms with Crippen molar-refractivity contribution in [3.05, 3.63) is 51.2 Å². The van der Waals surface area contributed by atoms with E-state index in [1.54, 1.807) is 11.3 Å². The third-order valence-corrected chi connectivity index (χ3v) is 4.63. The lowest BCUT2D eigenvalue weighted by molar-refractivity contribution is 0.688. The first kappa shape index (κ1) is 13.9. The summed E-state index contributed by atoms with van der Waals surface area (Å²) < 4.78 is 0. The lowest BCUT2D eigenvalue weighted by Crippen LogP contribution is -2.17. The predicted octanol–water partition coefficient (Wildman–Crippen LogP) is 4.29. The topological polar surface area (TPSA) is 15.3 Å². The van der Waals surface area contributed by atoms with E-state index in [9.17, 15) is 0 Å². The molecule has 20 heavy (non-hydrogen) atoms. The van der Waals surface area contributed by atoms with Crippen LogP contribution in [0.25, 0.3) is 0 Å². The summed E-state index contributed by atoms with van der Waals surface area (Å²) in [6, 6.07) is 9.26. The minimum atomic E-state index is 0.731. The number of benzene rings is 1. The molecule has 0 unspecified atom stereocenters. The molecular formula is C16H19ClN2S. The zero-order chi connectivity index (χ0) is 13.9. The Balaban J connectivity index is 1.66. The van der Waals surface area contributed by atoms with Crippen LogP contribution in [0.2, 0.25) is 5.02 Å². The fourth-order valence-corrected chi connectivity index (χ4v) is 3.27. The highest BCUT2D eigenvalue weighted by atomic mass is 35.5. The molecule has 1 saturated carbocycles. The molecule has 4 heteroatoms. The number of rotatable bonds is 6. The Morgan fingerprint density at radius 2 is 2.15 bits per heavy atom. The third-order valence-electron chi connectivity index (χ3n) is 3.60. The van der Waals surface area contributed by atoms with E-state index in [-0.39, 0.29) is 0 Å². The summed E-state index contributed by atoms with van der Waals surface area (Å²) in [5, 5.41) is 8.63. The Labute approximate surface area is 129 Å². The molecule has 1 N–H and O–H groups in total. The van der Waals surface area contributed by atoms with Gasteiger partial charge in [0, 0.05) is 26.2 Å². The monoisotopic (exact) mass is 306 g/mol. The molecule has 1 aliphatic rings. The van der Waals surface area contributed by atoms with Crippen LogP contribution >= 0.6 is 22.9 Å². The maximum atomic E-state index is 6.43. The maximum Gasteiger partial charge on any atom is 0.0642 e. The van der Waals surface area contributed by atoms with E-state index in [1.807, 2.05) is 0 Å². The van der Waals surface area contributed by atoms with E-state index in [1.165, 1.54) is 24.0 Å². The quantitative estimate of drug-likeness (QED) is 0.856. The first-order valence-corrected chi connectivity index (χ1v) is 8.28. The average molecular weight is 307 g/mol. The van der Waals surface area contributed by atoms with Gasteiger partial charge in [-0.25, -0.2) is 0 Å². The van der Waals surface area contributed by atoms with Gasteiger partial charge < -0.3 is 10.2 Å². The normalized spacial score (nSPS) is 14.5. The number of nitrogens with zero attached hydrogens (tertiary/aromatic N) is 1. The summed E-state index contributed by atoms with van der Waals surface area (Å²) in [4.78, 5) is 2.20. The van der Waals surface area contributed by atoms with E-state index in [0.717, 1.165) is 29.8 Å². The van der Waals surface area contributed by atoms with Crippen molar-refractivity contribution >= 4 is 28.6 Å². The molecule has 2 aromatic rings. The lowest BCUT2D eigenvalue weighted by Gasteiger charge is -2.20. The Morgan fingerprint density at radius 1 is 1.30 bits per heavy atom. The summed E-state index contributed by atoms with van der Waals surface area (Å²) in [7, 11) is 2.08. The van der Waals surface area contributed by atoms with Crippen LogP contribution < -0.4 is 10.2 Å². The van der Waals surface area contributed by atoms with Gasteiger partial charge in [0.15, 0.2) is 0 Å². The highest BCUT2D eigenvalue weighted by Gasteiger charge is 2.20. The van der Waals surface area contributed by atoms with Gasteiger partial charge in [-0.3, -0.25) is 0 Å². The first-order valence-electron chi connectivity index (χ1n) is 6.96. The maximum absolute atomic E-state index is 6.43. The van der Waals surface area contributed by atoms with E-state index >= 15 is 0 Å². The molecule has 0 atom stereocenters. The highest BCUT2D eigenvalue weighted by molar-refractivity contribution is 7.07.